The van der Waals surface area contributed by atoms with Crippen molar-refractivity contribution in [3.8, 4) is 0 Å². The molecule has 0 saturated carbocycles. The van der Waals surface area contributed by atoms with Gasteiger partial charge in [0.05, 0.1) is 17.1 Å². The molecule has 154 valence electrons. The Morgan fingerprint density at radius 2 is 1.83 bits per heavy atom. The number of hydrogen-bond acceptors (Lipinski definition) is 3. The molecule has 29 heavy (non-hydrogen) atoms. The van der Waals surface area contributed by atoms with E-state index in [2.05, 4.69) is 61.0 Å². The van der Waals surface area contributed by atoms with Gasteiger partial charge in [-0.25, -0.2) is 4.98 Å². The second-order valence-electron chi connectivity index (χ2n) is 7.81. The van der Waals surface area contributed by atoms with Gasteiger partial charge in [-0.1, -0.05) is 18.2 Å². The molecule has 1 amide bonds. The summed E-state index contributed by atoms with van der Waals surface area (Å²) in [5, 5.41) is 3.60. The van der Waals surface area contributed by atoms with Gasteiger partial charge in [0.25, 0.3) is 0 Å². The summed E-state index contributed by atoms with van der Waals surface area (Å²) in [6, 6.07) is 8.47. The molecule has 3 aromatic rings. The van der Waals surface area contributed by atoms with Crippen LogP contribution in [0.15, 0.2) is 30.5 Å². The van der Waals surface area contributed by atoms with Gasteiger partial charge in [-0.15, -0.1) is 12.4 Å². The lowest BCUT2D eigenvalue weighted by Crippen LogP contribution is -2.35. The largest absolute Gasteiger partial charge is 0.378 e. The van der Waals surface area contributed by atoms with Gasteiger partial charge in [-0.2, -0.15) is 0 Å². The fraction of sp³-hybridized carbons (Fsp3) is 0.391. The molecule has 0 unspecified atom stereocenters. The molecule has 6 heteroatoms. The van der Waals surface area contributed by atoms with Crippen LogP contribution < -0.4 is 10.2 Å². The number of aromatic nitrogens is 2. The van der Waals surface area contributed by atoms with Crippen LogP contribution in [0.2, 0.25) is 0 Å². The standard InChI is InChI=1S/C23H28N4O.ClH/c1-15-8-7-9-16(2)20(15)13-24-21-12-19(26-11-6-5-10-22(26)28)14-27-18(4)17(3)25-23(21)27;/h7-9,12,14,24H,5-6,10-11,13H2,1-4H3;1H. The van der Waals surface area contributed by atoms with Crippen molar-refractivity contribution in [3.63, 3.8) is 0 Å². The van der Waals surface area contributed by atoms with Crippen LogP contribution in [0, 0.1) is 27.7 Å². The van der Waals surface area contributed by atoms with Crippen LogP contribution in [-0.4, -0.2) is 21.8 Å². The first-order chi connectivity index (χ1) is 13.5. The van der Waals surface area contributed by atoms with Crippen molar-refractivity contribution in [1.82, 2.24) is 9.38 Å². The summed E-state index contributed by atoms with van der Waals surface area (Å²) in [7, 11) is 0. The molecule has 0 radical (unpaired) electrons. The average Bonchev–Trinajstić information content (AvgIpc) is 2.96. The lowest BCUT2D eigenvalue weighted by atomic mass is 10.0. The molecule has 2 aromatic heterocycles. The third-order valence-corrected chi connectivity index (χ3v) is 5.92. The van der Waals surface area contributed by atoms with Crippen LogP contribution in [0.1, 0.15) is 47.3 Å². The average molecular weight is 413 g/mol. The zero-order chi connectivity index (χ0) is 19.8. The van der Waals surface area contributed by atoms with Crippen LogP contribution in [0.25, 0.3) is 5.65 Å². The topological polar surface area (TPSA) is 49.6 Å². The van der Waals surface area contributed by atoms with E-state index in [1.165, 1.54) is 16.7 Å². The molecule has 1 aliphatic heterocycles. The van der Waals surface area contributed by atoms with Crippen molar-refractivity contribution >= 4 is 35.3 Å². The number of fused-ring (bicyclic) bond motifs is 1. The number of nitrogens with zero attached hydrogens (tertiary/aromatic N) is 3. The van der Waals surface area contributed by atoms with Gasteiger partial charge in [0.15, 0.2) is 5.65 Å². The van der Waals surface area contributed by atoms with E-state index in [1.807, 2.05) is 11.8 Å². The smallest absolute Gasteiger partial charge is 0.227 e. The SMILES string of the molecule is Cc1cccc(C)c1CNc1cc(N2CCCCC2=O)cn2c(C)c(C)nc12.Cl. The maximum absolute atomic E-state index is 12.5. The first-order valence-electron chi connectivity index (χ1n) is 10.0. The van der Waals surface area contributed by atoms with Crippen molar-refractivity contribution in [2.24, 2.45) is 0 Å². The fourth-order valence-electron chi connectivity index (χ4n) is 4.02. The lowest BCUT2D eigenvalue weighted by Gasteiger charge is -2.27. The number of halogens is 1. The third-order valence-electron chi connectivity index (χ3n) is 5.92. The number of carbonyl (C=O) groups is 1. The van der Waals surface area contributed by atoms with Gasteiger partial charge in [0, 0.05) is 31.4 Å². The number of imidazole rings is 1. The summed E-state index contributed by atoms with van der Waals surface area (Å²) < 4.78 is 2.11. The summed E-state index contributed by atoms with van der Waals surface area (Å²) in [5.74, 6) is 0.209. The molecule has 3 heterocycles. The molecular formula is C23H29ClN4O. The molecule has 1 saturated heterocycles. The van der Waals surface area contributed by atoms with Gasteiger partial charge < -0.3 is 14.6 Å². The summed E-state index contributed by atoms with van der Waals surface area (Å²) in [6.45, 7) is 9.91. The number of nitrogens with one attached hydrogen (secondary N) is 1. The minimum absolute atomic E-state index is 0. The van der Waals surface area contributed by atoms with Crippen molar-refractivity contribution in [3.05, 3.63) is 58.5 Å². The highest BCUT2D eigenvalue weighted by atomic mass is 35.5. The molecule has 5 nitrogen and oxygen atoms in total. The Morgan fingerprint density at radius 1 is 1.10 bits per heavy atom. The van der Waals surface area contributed by atoms with Crippen LogP contribution in [0.5, 0.6) is 0 Å². The van der Waals surface area contributed by atoms with Gasteiger partial charge >= 0.3 is 0 Å². The number of carbonyl (C=O) groups excluding carboxylic acids is 1. The number of rotatable bonds is 4. The van der Waals surface area contributed by atoms with Crippen LogP contribution >= 0.6 is 12.4 Å². The molecule has 0 atom stereocenters. The van der Waals surface area contributed by atoms with E-state index in [4.69, 9.17) is 4.98 Å². The number of hydrogen-bond donors (Lipinski definition) is 1. The maximum atomic E-state index is 12.5. The molecule has 0 bridgehead atoms. The molecule has 0 spiro atoms. The molecule has 1 aliphatic rings. The van der Waals surface area contributed by atoms with Crippen molar-refractivity contribution in [2.75, 3.05) is 16.8 Å². The second kappa shape index (κ2) is 8.46. The summed E-state index contributed by atoms with van der Waals surface area (Å²) in [5.41, 5.74) is 8.81. The minimum Gasteiger partial charge on any atom is -0.378 e. The quantitative estimate of drug-likeness (QED) is 0.647. The highest BCUT2D eigenvalue weighted by molar-refractivity contribution is 5.95. The van der Waals surface area contributed by atoms with Crippen molar-refractivity contribution in [2.45, 2.75) is 53.5 Å². The lowest BCUT2D eigenvalue weighted by molar-refractivity contribution is -0.119. The van der Waals surface area contributed by atoms with E-state index in [-0.39, 0.29) is 18.3 Å². The van der Waals surface area contributed by atoms with Gasteiger partial charge in [-0.05, 0) is 63.3 Å². The molecule has 1 fully saturated rings. The minimum atomic E-state index is 0. The molecule has 1 N–H and O–H groups in total. The fourth-order valence-corrected chi connectivity index (χ4v) is 4.02. The maximum Gasteiger partial charge on any atom is 0.227 e. The predicted molar refractivity (Wildman–Crippen MR) is 121 cm³/mol. The van der Waals surface area contributed by atoms with Crippen LogP contribution in [0.4, 0.5) is 11.4 Å². The highest BCUT2D eigenvalue weighted by Crippen LogP contribution is 2.29. The number of piperidine rings is 1. The number of amides is 1. The Morgan fingerprint density at radius 3 is 2.52 bits per heavy atom. The Balaban J connectivity index is 0.00000240. The number of aryl methyl sites for hydroxylation is 4. The predicted octanol–water partition coefficient (Wildman–Crippen LogP) is 5.12. The Kier molecular flexibility index (Phi) is 6.18. The molecular weight excluding hydrogens is 384 g/mol. The third kappa shape index (κ3) is 3.97. The van der Waals surface area contributed by atoms with E-state index in [9.17, 15) is 4.79 Å². The van der Waals surface area contributed by atoms with Gasteiger partial charge in [-0.3, -0.25) is 4.79 Å². The van der Waals surface area contributed by atoms with Gasteiger partial charge in [0.1, 0.15) is 0 Å². The zero-order valence-electron chi connectivity index (χ0n) is 17.6. The van der Waals surface area contributed by atoms with Gasteiger partial charge in [0.2, 0.25) is 5.91 Å². The number of pyridine rings is 1. The highest BCUT2D eigenvalue weighted by Gasteiger charge is 2.22. The zero-order valence-corrected chi connectivity index (χ0v) is 18.4. The van der Waals surface area contributed by atoms with E-state index in [1.54, 1.807) is 0 Å². The Hall–Kier alpha value is -2.53. The van der Waals surface area contributed by atoms with E-state index < -0.39 is 0 Å². The Labute approximate surface area is 178 Å². The summed E-state index contributed by atoms with van der Waals surface area (Å²) >= 11 is 0. The molecule has 0 aliphatic carbocycles. The molecule has 4 rings (SSSR count). The van der Waals surface area contributed by atoms with E-state index >= 15 is 0 Å². The monoisotopic (exact) mass is 412 g/mol. The van der Waals surface area contributed by atoms with Crippen molar-refractivity contribution < 1.29 is 4.79 Å². The van der Waals surface area contributed by atoms with Crippen molar-refractivity contribution in [1.29, 1.82) is 0 Å². The van der Waals surface area contributed by atoms with E-state index in [0.29, 0.717) is 6.42 Å². The number of benzene rings is 1. The second-order valence-corrected chi connectivity index (χ2v) is 7.81. The van der Waals surface area contributed by atoms with E-state index in [0.717, 1.165) is 54.3 Å². The van der Waals surface area contributed by atoms with Crippen LogP contribution in [0.3, 0.4) is 0 Å². The normalized spacial score (nSPS) is 14.2. The van der Waals surface area contributed by atoms with Crippen LogP contribution in [-0.2, 0) is 11.3 Å². The summed E-state index contributed by atoms with van der Waals surface area (Å²) in [4.78, 5) is 19.2. The Bertz CT molecular complexity index is 1040. The summed E-state index contributed by atoms with van der Waals surface area (Å²) in [6.07, 6.45) is 4.72. The number of anilines is 2. The molecule has 1 aromatic carbocycles. The first-order valence-corrected chi connectivity index (χ1v) is 10.0. The first kappa shape index (κ1) is 21.2.